The number of amides is 1. The lowest BCUT2D eigenvalue weighted by molar-refractivity contribution is 0.0940. The molecule has 0 spiro atoms. The van der Waals surface area contributed by atoms with E-state index in [1.807, 2.05) is 0 Å². The van der Waals surface area contributed by atoms with E-state index in [-0.39, 0.29) is 22.7 Å². The van der Waals surface area contributed by atoms with E-state index in [1.54, 1.807) is 62.4 Å². The van der Waals surface area contributed by atoms with Gasteiger partial charge in [-0.05, 0) is 61.4 Å². The molecular weight excluding hydrogens is 403 g/mol. The van der Waals surface area contributed by atoms with Gasteiger partial charge in [-0.1, -0.05) is 36.4 Å². The third-order valence-corrected chi connectivity index (χ3v) is 6.72. The number of benzene rings is 3. The van der Waals surface area contributed by atoms with Crippen LogP contribution in [0.4, 0.5) is 10.1 Å². The van der Waals surface area contributed by atoms with Crippen LogP contribution in [0.5, 0.6) is 0 Å². The Morgan fingerprint density at radius 2 is 1.63 bits per heavy atom. The van der Waals surface area contributed by atoms with Gasteiger partial charge < -0.3 is 5.32 Å². The van der Waals surface area contributed by atoms with Gasteiger partial charge in [-0.2, -0.15) is 0 Å². The fourth-order valence-electron chi connectivity index (χ4n) is 3.08. The number of sulfonamides is 1. The second-order valence-corrected chi connectivity index (χ2v) is 9.00. The summed E-state index contributed by atoms with van der Waals surface area (Å²) in [5, 5.41) is 2.86. The van der Waals surface area contributed by atoms with Crippen LogP contribution in [0.1, 0.15) is 34.5 Å². The number of hydrogen-bond acceptors (Lipinski definition) is 3. The highest BCUT2D eigenvalue weighted by Gasteiger charge is 2.23. The molecule has 0 aliphatic rings. The maximum Gasteiger partial charge on any atom is 0.264 e. The van der Waals surface area contributed by atoms with Crippen molar-refractivity contribution in [3.05, 3.63) is 95.3 Å². The number of nitrogens with zero attached hydrogens (tertiary/aromatic N) is 1. The van der Waals surface area contributed by atoms with Gasteiger partial charge in [0, 0.05) is 12.6 Å². The lowest BCUT2D eigenvalue weighted by atomic mass is 10.1. The molecule has 7 heteroatoms. The molecule has 0 heterocycles. The van der Waals surface area contributed by atoms with Crippen LogP contribution >= 0.6 is 0 Å². The molecule has 0 saturated carbocycles. The molecule has 30 heavy (non-hydrogen) atoms. The first-order chi connectivity index (χ1) is 14.2. The van der Waals surface area contributed by atoms with Crippen molar-refractivity contribution < 1.29 is 17.6 Å². The molecule has 1 amide bonds. The van der Waals surface area contributed by atoms with Crippen LogP contribution in [0.2, 0.25) is 0 Å². The summed E-state index contributed by atoms with van der Waals surface area (Å²) in [6.45, 7) is 3.58. The Morgan fingerprint density at radius 3 is 2.27 bits per heavy atom. The fraction of sp³-hybridized carbons (Fsp3) is 0.174. The maximum atomic E-state index is 13.1. The quantitative estimate of drug-likeness (QED) is 0.633. The molecule has 0 radical (unpaired) electrons. The third-order valence-electron chi connectivity index (χ3n) is 4.93. The van der Waals surface area contributed by atoms with Crippen LogP contribution in [0.25, 0.3) is 0 Å². The first-order valence-electron chi connectivity index (χ1n) is 9.41. The van der Waals surface area contributed by atoms with Gasteiger partial charge in [0.2, 0.25) is 0 Å². The van der Waals surface area contributed by atoms with Gasteiger partial charge in [0.05, 0.1) is 16.6 Å². The predicted molar refractivity (Wildman–Crippen MR) is 115 cm³/mol. The number of nitrogens with one attached hydrogen (secondary N) is 1. The fourth-order valence-corrected chi connectivity index (χ4v) is 4.36. The Bertz CT molecular complexity index is 1150. The molecule has 5 nitrogen and oxygen atoms in total. The first kappa shape index (κ1) is 21.5. The highest BCUT2D eigenvalue weighted by atomic mass is 32.2. The summed E-state index contributed by atoms with van der Waals surface area (Å²) in [7, 11) is -2.30. The van der Waals surface area contributed by atoms with Crippen LogP contribution < -0.4 is 9.62 Å². The van der Waals surface area contributed by atoms with E-state index < -0.39 is 10.0 Å². The van der Waals surface area contributed by atoms with Gasteiger partial charge in [-0.15, -0.1) is 0 Å². The van der Waals surface area contributed by atoms with Gasteiger partial charge in [0.25, 0.3) is 15.9 Å². The Morgan fingerprint density at radius 1 is 1.00 bits per heavy atom. The van der Waals surface area contributed by atoms with Crippen molar-refractivity contribution in [1.29, 1.82) is 0 Å². The standard InChI is InChI=1S/C23H23FN2O3S/c1-16-9-10-19(23(27)25-17(2)18-11-13-20(24)14-12-18)15-22(16)26(3)30(28,29)21-7-5-4-6-8-21/h4-15,17H,1-3H3,(H,25,27)/t17-/m1/s1. The second-order valence-electron chi connectivity index (χ2n) is 7.03. The molecule has 0 fully saturated rings. The minimum absolute atomic E-state index is 0.173. The summed E-state index contributed by atoms with van der Waals surface area (Å²) in [6.07, 6.45) is 0. The number of halogens is 1. The van der Waals surface area contributed by atoms with Crippen LogP contribution in [-0.4, -0.2) is 21.4 Å². The lowest BCUT2D eigenvalue weighted by Gasteiger charge is -2.22. The maximum absolute atomic E-state index is 13.1. The van der Waals surface area contributed by atoms with Crippen molar-refractivity contribution in [2.75, 3.05) is 11.4 Å². The molecule has 156 valence electrons. The SMILES string of the molecule is Cc1ccc(C(=O)N[C@H](C)c2ccc(F)cc2)cc1N(C)S(=O)(=O)c1ccccc1. The summed E-state index contributed by atoms with van der Waals surface area (Å²) < 4.78 is 40.2. The molecule has 1 atom stereocenters. The number of hydrogen-bond donors (Lipinski definition) is 1. The summed E-state index contributed by atoms with van der Waals surface area (Å²) in [5.41, 5.74) is 2.24. The van der Waals surface area contributed by atoms with E-state index in [1.165, 1.54) is 35.6 Å². The summed E-state index contributed by atoms with van der Waals surface area (Å²) in [6, 6.07) is 18.6. The van der Waals surface area contributed by atoms with Crippen molar-refractivity contribution in [1.82, 2.24) is 5.32 Å². The number of aryl methyl sites for hydroxylation is 1. The van der Waals surface area contributed by atoms with Crippen molar-refractivity contribution in [3.8, 4) is 0 Å². The van der Waals surface area contributed by atoms with Gasteiger partial charge in [0.15, 0.2) is 0 Å². The molecule has 0 unspecified atom stereocenters. The molecular formula is C23H23FN2O3S. The van der Waals surface area contributed by atoms with Gasteiger partial charge in [-0.3, -0.25) is 9.10 Å². The Labute approximate surface area is 176 Å². The van der Waals surface area contributed by atoms with E-state index in [0.717, 1.165) is 11.1 Å². The number of carbonyl (C=O) groups excluding carboxylic acids is 1. The monoisotopic (exact) mass is 426 g/mol. The zero-order valence-corrected chi connectivity index (χ0v) is 17.8. The minimum atomic E-state index is -3.76. The molecule has 3 aromatic carbocycles. The van der Waals surface area contributed by atoms with E-state index in [0.29, 0.717) is 11.3 Å². The molecule has 0 saturated heterocycles. The highest BCUT2D eigenvalue weighted by Crippen LogP contribution is 2.27. The Kier molecular flexibility index (Phi) is 6.22. The average molecular weight is 427 g/mol. The third kappa shape index (κ3) is 4.52. The van der Waals surface area contributed by atoms with E-state index in [9.17, 15) is 17.6 Å². The van der Waals surface area contributed by atoms with E-state index in [2.05, 4.69) is 5.32 Å². The molecule has 0 aromatic heterocycles. The Hall–Kier alpha value is -3.19. The van der Waals surface area contributed by atoms with Crippen molar-refractivity contribution in [2.45, 2.75) is 24.8 Å². The highest BCUT2D eigenvalue weighted by molar-refractivity contribution is 7.92. The topological polar surface area (TPSA) is 66.5 Å². The van der Waals surface area contributed by atoms with Gasteiger partial charge >= 0.3 is 0 Å². The van der Waals surface area contributed by atoms with Crippen LogP contribution in [-0.2, 0) is 10.0 Å². The Balaban J connectivity index is 1.85. The van der Waals surface area contributed by atoms with E-state index in [4.69, 9.17) is 0 Å². The van der Waals surface area contributed by atoms with Gasteiger partial charge in [-0.25, -0.2) is 12.8 Å². The van der Waals surface area contributed by atoms with E-state index >= 15 is 0 Å². The van der Waals surface area contributed by atoms with Crippen molar-refractivity contribution in [3.63, 3.8) is 0 Å². The summed E-state index contributed by atoms with van der Waals surface area (Å²) in [5.74, 6) is -0.693. The number of rotatable bonds is 6. The zero-order chi connectivity index (χ0) is 21.9. The molecule has 0 aliphatic heterocycles. The molecule has 1 N–H and O–H groups in total. The van der Waals surface area contributed by atoms with Gasteiger partial charge in [0.1, 0.15) is 5.82 Å². The summed E-state index contributed by atoms with van der Waals surface area (Å²) >= 11 is 0. The summed E-state index contributed by atoms with van der Waals surface area (Å²) in [4.78, 5) is 12.9. The molecule has 3 rings (SSSR count). The molecule has 0 aliphatic carbocycles. The average Bonchev–Trinajstić information content (AvgIpc) is 2.74. The van der Waals surface area contributed by atoms with Crippen molar-refractivity contribution >= 4 is 21.6 Å². The second kappa shape index (κ2) is 8.67. The molecule has 0 bridgehead atoms. The largest absolute Gasteiger partial charge is 0.346 e. The van der Waals surface area contributed by atoms with Crippen LogP contribution in [0.15, 0.2) is 77.7 Å². The minimum Gasteiger partial charge on any atom is -0.346 e. The zero-order valence-electron chi connectivity index (χ0n) is 17.0. The first-order valence-corrected chi connectivity index (χ1v) is 10.8. The predicted octanol–water partition coefficient (Wildman–Crippen LogP) is 4.45. The van der Waals surface area contributed by atoms with Crippen LogP contribution in [0.3, 0.4) is 0 Å². The van der Waals surface area contributed by atoms with Crippen molar-refractivity contribution in [2.24, 2.45) is 0 Å². The van der Waals surface area contributed by atoms with Crippen LogP contribution in [0, 0.1) is 12.7 Å². The number of anilines is 1. The molecule has 3 aromatic rings. The smallest absolute Gasteiger partial charge is 0.264 e. The lowest BCUT2D eigenvalue weighted by Crippen LogP contribution is -2.29. The normalized spacial score (nSPS) is 12.3. The number of carbonyl (C=O) groups is 1.